The zero-order chi connectivity index (χ0) is 24.9. The number of amides is 1. The van der Waals surface area contributed by atoms with Crippen molar-refractivity contribution in [1.82, 2.24) is 14.0 Å². The molecule has 0 fully saturated rings. The average Bonchev–Trinajstić information content (AvgIpc) is 2.85. The number of halogens is 1. The van der Waals surface area contributed by atoms with Gasteiger partial charge in [-0.15, -0.1) is 0 Å². The van der Waals surface area contributed by atoms with E-state index in [2.05, 4.69) is 11.9 Å². The van der Waals surface area contributed by atoms with Crippen molar-refractivity contribution < 1.29 is 14.3 Å². The lowest BCUT2D eigenvalue weighted by Crippen LogP contribution is -2.33. The summed E-state index contributed by atoms with van der Waals surface area (Å²) >= 11 is 6.06. The summed E-state index contributed by atoms with van der Waals surface area (Å²) in [5, 5.41) is 0.634. The Labute approximate surface area is 206 Å². The van der Waals surface area contributed by atoms with E-state index in [1.165, 1.54) is 16.5 Å². The summed E-state index contributed by atoms with van der Waals surface area (Å²) in [6, 6.07) is 13.1. The smallest absolute Gasteiger partial charge is 0.341 e. The predicted molar refractivity (Wildman–Crippen MR) is 134 cm³/mol. The molecule has 0 aliphatic rings. The Hall–Kier alpha value is -3.78. The van der Waals surface area contributed by atoms with Crippen molar-refractivity contribution in [3.05, 3.63) is 86.7 Å². The van der Waals surface area contributed by atoms with Gasteiger partial charge in [-0.1, -0.05) is 43.5 Å². The van der Waals surface area contributed by atoms with Gasteiger partial charge < -0.3 is 9.30 Å². The van der Waals surface area contributed by atoms with Crippen molar-refractivity contribution in [2.75, 3.05) is 6.61 Å². The largest absolute Gasteiger partial charge is 0.462 e. The number of hydrogen-bond donors (Lipinski definition) is 0. The molecule has 0 saturated heterocycles. The fourth-order valence-electron chi connectivity index (χ4n) is 3.87. The highest BCUT2D eigenvalue weighted by Crippen LogP contribution is 2.14. The zero-order valence-electron chi connectivity index (χ0n) is 19.5. The van der Waals surface area contributed by atoms with Crippen LogP contribution in [0.5, 0.6) is 0 Å². The third-order valence-electron chi connectivity index (χ3n) is 5.55. The van der Waals surface area contributed by atoms with Crippen LogP contribution in [-0.2, 0) is 11.3 Å². The number of ether oxygens (including phenoxy) is 1. The fourth-order valence-corrected chi connectivity index (χ4v) is 4.06. The van der Waals surface area contributed by atoms with Crippen LogP contribution in [0.3, 0.4) is 0 Å². The first-order valence-electron chi connectivity index (χ1n) is 11.5. The standard InChI is InChI=1S/C26H25ClN4O4/c1-3-5-7-14-31-22-19(25(33)30-13-8-6-12-21(30)28-22)16-20(26(34)35-4-2)23(31)29-24(32)17-10-9-11-18(27)15-17/h6,8-13,15-16H,3-5,7,14H2,1-2H3. The van der Waals surface area contributed by atoms with Crippen LogP contribution in [0.1, 0.15) is 53.8 Å². The summed E-state index contributed by atoms with van der Waals surface area (Å²) in [6.45, 7) is 4.30. The molecule has 0 unspecified atom stereocenters. The van der Waals surface area contributed by atoms with Gasteiger partial charge in [0.2, 0.25) is 0 Å². The van der Waals surface area contributed by atoms with Crippen LogP contribution >= 0.6 is 11.6 Å². The van der Waals surface area contributed by atoms with Crippen molar-refractivity contribution in [2.45, 2.75) is 39.7 Å². The maximum Gasteiger partial charge on any atom is 0.341 e. The number of hydrogen-bond acceptors (Lipinski definition) is 5. The van der Waals surface area contributed by atoms with Gasteiger partial charge in [0.1, 0.15) is 16.9 Å². The highest BCUT2D eigenvalue weighted by Gasteiger charge is 2.20. The molecule has 4 aromatic rings. The van der Waals surface area contributed by atoms with E-state index in [4.69, 9.17) is 21.3 Å². The van der Waals surface area contributed by atoms with Gasteiger partial charge in [-0.05, 0) is 49.7 Å². The molecule has 4 rings (SSSR count). The second kappa shape index (κ2) is 10.7. The Morgan fingerprint density at radius 1 is 1.09 bits per heavy atom. The molecule has 0 bridgehead atoms. The second-order valence-electron chi connectivity index (χ2n) is 7.97. The van der Waals surface area contributed by atoms with Crippen LogP contribution in [0, 0.1) is 0 Å². The van der Waals surface area contributed by atoms with Gasteiger partial charge in [-0.2, -0.15) is 4.99 Å². The lowest BCUT2D eigenvalue weighted by Gasteiger charge is -2.15. The molecule has 180 valence electrons. The molecule has 3 heterocycles. The Bertz CT molecular complexity index is 1560. The van der Waals surface area contributed by atoms with Crippen LogP contribution in [0.25, 0.3) is 16.7 Å². The van der Waals surface area contributed by atoms with Crippen molar-refractivity contribution in [1.29, 1.82) is 0 Å². The first-order valence-corrected chi connectivity index (χ1v) is 11.9. The minimum absolute atomic E-state index is 0.0287. The molecule has 8 nitrogen and oxygen atoms in total. The first kappa shape index (κ1) is 24.3. The molecule has 1 amide bonds. The van der Waals surface area contributed by atoms with E-state index in [-0.39, 0.29) is 34.2 Å². The number of rotatable bonds is 7. The molecule has 0 saturated carbocycles. The third kappa shape index (κ3) is 5.02. The maximum atomic E-state index is 13.3. The van der Waals surface area contributed by atoms with Crippen LogP contribution in [0.4, 0.5) is 0 Å². The molecule has 1 aromatic carbocycles. The summed E-state index contributed by atoms with van der Waals surface area (Å²) < 4.78 is 8.35. The van der Waals surface area contributed by atoms with Crippen molar-refractivity contribution in [3.63, 3.8) is 0 Å². The minimum atomic E-state index is -0.672. The number of aromatic nitrogens is 3. The van der Waals surface area contributed by atoms with Crippen LogP contribution in [-0.4, -0.2) is 32.4 Å². The fraction of sp³-hybridized carbons (Fsp3) is 0.269. The minimum Gasteiger partial charge on any atom is -0.462 e. The highest BCUT2D eigenvalue weighted by molar-refractivity contribution is 6.31. The van der Waals surface area contributed by atoms with Crippen LogP contribution < -0.4 is 11.0 Å². The first-order chi connectivity index (χ1) is 16.9. The van der Waals surface area contributed by atoms with Gasteiger partial charge in [0, 0.05) is 23.3 Å². The van der Waals surface area contributed by atoms with Crippen LogP contribution in [0.15, 0.2) is 64.5 Å². The zero-order valence-corrected chi connectivity index (χ0v) is 20.3. The number of carbonyl (C=O) groups excluding carboxylic acids is 2. The second-order valence-corrected chi connectivity index (χ2v) is 8.41. The lowest BCUT2D eigenvalue weighted by molar-refractivity contribution is 0.0523. The van der Waals surface area contributed by atoms with Gasteiger partial charge >= 0.3 is 5.97 Å². The molecule has 0 spiro atoms. The maximum absolute atomic E-state index is 13.3. The number of pyridine rings is 2. The Morgan fingerprint density at radius 2 is 1.91 bits per heavy atom. The molecule has 0 atom stereocenters. The predicted octanol–water partition coefficient (Wildman–Crippen LogP) is 4.41. The van der Waals surface area contributed by atoms with E-state index in [0.717, 1.165) is 19.3 Å². The van der Waals surface area contributed by atoms with E-state index in [9.17, 15) is 14.4 Å². The molecule has 0 aliphatic heterocycles. The quantitative estimate of drug-likeness (QED) is 0.216. The molecule has 0 radical (unpaired) electrons. The normalized spacial score (nSPS) is 11.8. The molecule has 0 aliphatic carbocycles. The molecular weight excluding hydrogens is 468 g/mol. The number of unbranched alkanes of at least 4 members (excludes halogenated alkanes) is 2. The monoisotopic (exact) mass is 492 g/mol. The number of carbonyl (C=O) groups is 2. The highest BCUT2D eigenvalue weighted by atomic mass is 35.5. The Balaban J connectivity index is 2.09. The third-order valence-corrected chi connectivity index (χ3v) is 5.78. The van der Waals surface area contributed by atoms with E-state index in [0.29, 0.717) is 22.9 Å². The SMILES string of the molecule is CCCCCn1c(=NC(=O)c2cccc(Cl)c2)c(C(=O)OCC)cc2c(=O)n3ccccc3nc21. The van der Waals surface area contributed by atoms with Gasteiger partial charge in [0.05, 0.1) is 12.0 Å². The Morgan fingerprint density at radius 3 is 2.66 bits per heavy atom. The van der Waals surface area contributed by atoms with E-state index in [1.54, 1.807) is 54.1 Å². The number of esters is 1. The molecule has 9 heteroatoms. The van der Waals surface area contributed by atoms with E-state index in [1.807, 2.05) is 0 Å². The Kier molecular flexibility index (Phi) is 7.41. The average molecular weight is 493 g/mol. The van der Waals surface area contributed by atoms with Crippen molar-refractivity contribution >= 4 is 40.2 Å². The van der Waals surface area contributed by atoms with Gasteiger partial charge in [0.25, 0.3) is 11.5 Å². The lowest BCUT2D eigenvalue weighted by atomic mass is 10.1. The molecular formula is C26H25ClN4O4. The number of nitrogens with zero attached hydrogens (tertiary/aromatic N) is 4. The number of fused-ring (bicyclic) bond motifs is 2. The molecule has 0 N–H and O–H groups in total. The van der Waals surface area contributed by atoms with Crippen molar-refractivity contribution in [3.8, 4) is 0 Å². The summed E-state index contributed by atoms with van der Waals surface area (Å²) in [4.78, 5) is 48.5. The van der Waals surface area contributed by atoms with Gasteiger partial charge in [-0.25, -0.2) is 9.78 Å². The van der Waals surface area contributed by atoms with Crippen LogP contribution in [0.2, 0.25) is 5.02 Å². The van der Waals surface area contributed by atoms with Crippen molar-refractivity contribution in [2.24, 2.45) is 4.99 Å². The number of aryl methyl sites for hydroxylation is 1. The van der Waals surface area contributed by atoms with Gasteiger partial charge in [0.15, 0.2) is 5.49 Å². The molecule has 35 heavy (non-hydrogen) atoms. The van der Waals surface area contributed by atoms with E-state index < -0.39 is 11.9 Å². The summed E-state index contributed by atoms with van der Waals surface area (Å²) in [5.74, 6) is -1.24. The summed E-state index contributed by atoms with van der Waals surface area (Å²) in [7, 11) is 0. The molecule has 3 aromatic heterocycles. The van der Waals surface area contributed by atoms with Gasteiger partial charge in [-0.3, -0.25) is 14.0 Å². The number of benzene rings is 1. The van der Waals surface area contributed by atoms with E-state index >= 15 is 0 Å². The summed E-state index contributed by atoms with van der Waals surface area (Å²) in [5.41, 5.74) is 0.880. The summed E-state index contributed by atoms with van der Waals surface area (Å²) in [6.07, 6.45) is 4.23. The topological polar surface area (TPSA) is 95.0 Å².